The minimum absolute atomic E-state index is 0.0798. The van der Waals surface area contributed by atoms with Gasteiger partial charge in [-0.05, 0) is 33.3 Å². The number of nitrogens with zero attached hydrogens (tertiary/aromatic N) is 3. The van der Waals surface area contributed by atoms with Crippen molar-refractivity contribution in [2.75, 3.05) is 18.0 Å². The van der Waals surface area contributed by atoms with Crippen LogP contribution in [0.2, 0.25) is 0 Å². The van der Waals surface area contributed by atoms with Crippen molar-refractivity contribution < 1.29 is 9.53 Å². The molecule has 1 saturated heterocycles. The average Bonchev–Trinajstić information content (AvgIpc) is 2.68. The SMILES string of the molecule is Cc1sc2ncnc(N3CC(OC(=O)NC(C)C)C3)c2c1C. The number of hydrogen-bond donors (Lipinski definition) is 1. The summed E-state index contributed by atoms with van der Waals surface area (Å²) in [5.74, 6) is 0.941. The van der Waals surface area contributed by atoms with Gasteiger partial charge >= 0.3 is 6.09 Å². The van der Waals surface area contributed by atoms with Crippen LogP contribution in [0.15, 0.2) is 6.33 Å². The summed E-state index contributed by atoms with van der Waals surface area (Å²) in [5.41, 5.74) is 1.23. The van der Waals surface area contributed by atoms with E-state index in [0.717, 1.165) is 16.0 Å². The lowest BCUT2D eigenvalue weighted by molar-refractivity contribution is 0.0791. The summed E-state index contributed by atoms with van der Waals surface area (Å²) in [6, 6.07) is 0.0848. The van der Waals surface area contributed by atoms with E-state index in [-0.39, 0.29) is 18.2 Å². The van der Waals surface area contributed by atoms with Gasteiger partial charge in [-0.2, -0.15) is 0 Å². The van der Waals surface area contributed by atoms with E-state index in [0.29, 0.717) is 13.1 Å². The molecule has 22 heavy (non-hydrogen) atoms. The number of amides is 1. The molecule has 1 aliphatic rings. The van der Waals surface area contributed by atoms with Gasteiger partial charge < -0.3 is 15.0 Å². The van der Waals surface area contributed by atoms with Crippen molar-refractivity contribution in [3.8, 4) is 0 Å². The molecule has 0 unspecified atom stereocenters. The van der Waals surface area contributed by atoms with Crippen LogP contribution in [0.25, 0.3) is 10.2 Å². The number of aromatic nitrogens is 2. The minimum atomic E-state index is -0.352. The van der Waals surface area contributed by atoms with Crippen LogP contribution < -0.4 is 10.2 Å². The van der Waals surface area contributed by atoms with Gasteiger partial charge in [0.1, 0.15) is 23.1 Å². The molecule has 1 fully saturated rings. The Labute approximate surface area is 133 Å². The summed E-state index contributed by atoms with van der Waals surface area (Å²) in [7, 11) is 0. The molecule has 2 aromatic rings. The molecule has 0 saturated carbocycles. The average molecular weight is 320 g/mol. The highest BCUT2D eigenvalue weighted by atomic mass is 32.1. The summed E-state index contributed by atoms with van der Waals surface area (Å²) < 4.78 is 5.36. The normalized spacial score (nSPS) is 15.2. The highest BCUT2D eigenvalue weighted by molar-refractivity contribution is 7.18. The monoisotopic (exact) mass is 320 g/mol. The molecule has 0 atom stereocenters. The topological polar surface area (TPSA) is 67.3 Å². The molecule has 1 N–H and O–H groups in total. The van der Waals surface area contributed by atoms with Crippen molar-refractivity contribution in [1.82, 2.24) is 15.3 Å². The largest absolute Gasteiger partial charge is 0.442 e. The number of anilines is 1. The lowest BCUT2D eigenvalue weighted by atomic mass is 10.1. The van der Waals surface area contributed by atoms with Gasteiger partial charge in [-0.15, -0.1) is 11.3 Å². The first-order chi connectivity index (χ1) is 10.5. The Morgan fingerprint density at radius 3 is 2.82 bits per heavy atom. The molecular weight excluding hydrogens is 300 g/mol. The van der Waals surface area contributed by atoms with Gasteiger partial charge in [0, 0.05) is 10.9 Å². The predicted octanol–water partition coefficient (Wildman–Crippen LogP) is 2.63. The predicted molar refractivity (Wildman–Crippen MR) is 87.6 cm³/mol. The Kier molecular flexibility index (Phi) is 3.90. The molecule has 3 heterocycles. The zero-order valence-electron chi connectivity index (χ0n) is 13.2. The van der Waals surface area contributed by atoms with Crippen LogP contribution in [0.3, 0.4) is 0 Å². The van der Waals surface area contributed by atoms with Gasteiger partial charge in [0.25, 0.3) is 0 Å². The quantitative estimate of drug-likeness (QED) is 0.941. The lowest BCUT2D eigenvalue weighted by Crippen LogP contribution is -2.54. The minimum Gasteiger partial charge on any atom is -0.442 e. The van der Waals surface area contributed by atoms with E-state index in [4.69, 9.17) is 4.74 Å². The third-order valence-electron chi connectivity index (χ3n) is 3.77. The molecule has 7 heteroatoms. The molecule has 1 amide bonds. The maximum atomic E-state index is 11.6. The number of carbonyl (C=O) groups excluding carboxylic acids is 1. The second-order valence-corrected chi connectivity index (χ2v) is 7.10. The zero-order valence-corrected chi connectivity index (χ0v) is 14.0. The van der Waals surface area contributed by atoms with Crippen LogP contribution in [0, 0.1) is 13.8 Å². The second-order valence-electron chi connectivity index (χ2n) is 5.89. The summed E-state index contributed by atoms with van der Waals surface area (Å²) in [4.78, 5) is 24.8. The Morgan fingerprint density at radius 1 is 1.41 bits per heavy atom. The number of rotatable bonds is 3. The fraction of sp³-hybridized carbons (Fsp3) is 0.533. The van der Waals surface area contributed by atoms with E-state index in [1.807, 2.05) is 13.8 Å². The second kappa shape index (κ2) is 5.72. The Hall–Kier alpha value is -1.89. The number of alkyl carbamates (subject to hydrolysis) is 1. The molecular formula is C15H20N4O2S. The van der Waals surface area contributed by atoms with Gasteiger partial charge in [-0.1, -0.05) is 0 Å². The molecule has 1 aliphatic heterocycles. The van der Waals surface area contributed by atoms with E-state index in [2.05, 4.69) is 34.0 Å². The van der Waals surface area contributed by atoms with Crippen molar-refractivity contribution in [1.29, 1.82) is 0 Å². The summed E-state index contributed by atoms with van der Waals surface area (Å²) in [5, 5.41) is 3.86. The molecule has 0 radical (unpaired) electrons. The van der Waals surface area contributed by atoms with Crippen LogP contribution in [-0.4, -0.2) is 41.3 Å². The molecule has 118 valence electrons. The zero-order chi connectivity index (χ0) is 15.9. The number of thiophene rings is 1. The summed E-state index contributed by atoms with van der Waals surface area (Å²) in [6.07, 6.45) is 1.17. The number of fused-ring (bicyclic) bond motifs is 1. The van der Waals surface area contributed by atoms with E-state index in [9.17, 15) is 4.79 Å². The number of hydrogen-bond acceptors (Lipinski definition) is 6. The van der Waals surface area contributed by atoms with E-state index in [1.54, 1.807) is 17.7 Å². The van der Waals surface area contributed by atoms with Gasteiger partial charge in [0.2, 0.25) is 0 Å². The molecule has 6 nitrogen and oxygen atoms in total. The summed E-state index contributed by atoms with van der Waals surface area (Å²) in [6.45, 7) is 9.37. The van der Waals surface area contributed by atoms with Crippen LogP contribution in [0.4, 0.5) is 10.6 Å². The molecule has 0 bridgehead atoms. The molecule has 0 aliphatic carbocycles. The number of aryl methyl sites for hydroxylation is 2. The van der Waals surface area contributed by atoms with Crippen molar-refractivity contribution in [2.24, 2.45) is 0 Å². The smallest absolute Gasteiger partial charge is 0.407 e. The van der Waals surface area contributed by atoms with Crippen molar-refractivity contribution in [2.45, 2.75) is 39.8 Å². The maximum Gasteiger partial charge on any atom is 0.407 e. The molecule has 0 spiro atoms. The van der Waals surface area contributed by atoms with Crippen molar-refractivity contribution in [3.05, 3.63) is 16.8 Å². The fourth-order valence-corrected chi connectivity index (χ4v) is 3.50. The third kappa shape index (κ3) is 2.72. The van der Waals surface area contributed by atoms with Gasteiger partial charge in [0.05, 0.1) is 18.5 Å². The van der Waals surface area contributed by atoms with Crippen LogP contribution in [0.1, 0.15) is 24.3 Å². The van der Waals surface area contributed by atoms with Gasteiger partial charge in [-0.25, -0.2) is 14.8 Å². The first-order valence-corrected chi connectivity index (χ1v) is 8.20. The standard InChI is InChI=1S/C15H20N4O2S/c1-8(2)18-15(20)21-11-5-19(6-11)13-12-9(3)10(4)22-14(12)17-7-16-13/h7-8,11H,5-6H2,1-4H3,(H,18,20). The molecule has 3 rings (SSSR count). The van der Waals surface area contributed by atoms with Crippen LogP contribution in [0.5, 0.6) is 0 Å². The highest BCUT2D eigenvalue weighted by Gasteiger charge is 2.32. The lowest BCUT2D eigenvalue weighted by Gasteiger charge is -2.39. The fourth-order valence-electron chi connectivity index (χ4n) is 2.51. The van der Waals surface area contributed by atoms with Crippen molar-refractivity contribution in [3.63, 3.8) is 0 Å². The first kappa shape index (κ1) is 15.0. The third-order valence-corrected chi connectivity index (χ3v) is 4.89. The Bertz CT molecular complexity index is 707. The number of nitrogens with one attached hydrogen (secondary N) is 1. The molecule has 0 aromatic carbocycles. The Morgan fingerprint density at radius 2 is 2.14 bits per heavy atom. The Balaban J connectivity index is 1.70. The first-order valence-electron chi connectivity index (χ1n) is 7.38. The van der Waals surface area contributed by atoms with Crippen LogP contribution in [-0.2, 0) is 4.74 Å². The number of ether oxygens (including phenoxy) is 1. The van der Waals surface area contributed by atoms with E-state index in [1.165, 1.54) is 10.4 Å². The highest BCUT2D eigenvalue weighted by Crippen LogP contribution is 2.35. The van der Waals surface area contributed by atoms with Gasteiger partial charge in [-0.3, -0.25) is 0 Å². The maximum absolute atomic E-state index is 11.6. The van der Waals surface area contributed by atoms with Crippen LogP contribution >= 0.6 is 11.3 Å². The van der Waals surface area contributed by atoms with Gasteiger partial charge in [0.15, 0.2) is 0 Å². The summed E-state index contributed by atoms with van der Waals surface area (Å²) >= 11 is 1.69. The van der Waals surface area contributed by atoms with Crippen molar-refractivity contribution >= 4 is 33.5 Å². The number of carbonyl (C=O) groups is 1. The van der Waals surface area contributed by atoms with E-state index >= 15 is 0 Å². The van der Waals surface area contributed by atoms with E-state index < -0.39 is 0 Å². The molecule has 2 aromatic heterocycles.